The zero-order chi connectivity index (χ0) is 19.2. The lowest BCUT2D eigenvalue weighted by atomic mass is 10.2. The molecule has 0 spiro atoms. The van der Waals surface area contributed by atoms with Gasteiger partial charge in [-0.15, -0.1) is 11.3 Å². The number of hydrogen-bond acceptors (Lipinski definition) is 5. The maximum Gasteiger partial charge on any atom is 0.306 e. The maximum atomic E-state index is 12.6. The zero-order valence-corrected chi connectivity index (χ0v) is 16.2. The highest BCUT2D eigenvalue weighted by Gasteiger charge is 2.24. The molecule has 0 aliphatic rings. The first-order valence-electron chi connectivity index (χ1n) is 8.99. The average Bonchev–Trinajstić information content (AvgIpc) is 3.10. The third kappa shape index (κ3) is 4.71. The van der Waals surface area contributed by atoms with Crippen LogP contribution in [0.4, 0.5) is 5.69 Å². The van der Waals surface area contributed by atoms with Gasteiger partial charge in [-0.05, 0) is 38.1 Å². The molecule has 0 aliphatic carbocycles. The van der Waals surface area contributed by atoms with Gasteiger partial charge in [0.05, 0.1) is 21.6 Å². The molecule has 2 aromatic carbocycles. The Balaban J connectivity index is 1.55. The van der Waals surface area contributed by atoms with Crippen molar-refractivity contribution in [1.29, 1.82) is 0 Å². The van der Waals surface area contributed by atoms with E-state index in [1.165, 1.54) is 0 Å². The number of carbonyl (C=O) groups excluding carboxylic acids is 2. The van der Waals surface area contributed by atoms with E-state index in [2.05, 4.69) is 4.98 Å². The molecule has 140 valence electrons. The number of amides is 1. The molecule has 1 amide bonds. The van der Waals surface area contributed by atoms with Gasteiger partial charge in [0, 0.05) is 18.7 Å². The molecule has 3 rings (SSSR count). The van der Waals surface area contributed by atoms with Gasteiger partial charge in [0.25, 0.3) is 5.91 Å². The van der Waals surface area contributed by atoms with Gasteiger partial charge in [0.15, 0.2) is 6.10 Å². The number of anilines is 1. The van der Waals surface area contributed by atoms with Gasteiger partial charge in [-0.2, -0.15) is 0 Å². The fourth-order valence-electron chi connectivity index (χ4n) is 2.84. The van der Waals surface area contributed by atoms with Crippen LogP contribution >= 0.6 is 11.3 Å². The Labute approximate surface area is 162 Å². The summed E-state index contributed by atoms with van der Waals surface area (Å²) >= 11 is 1.58. The summed E-state index contributed by atoms with van der Waals surface area (Å²) in [6.45, 7) is 4.02. The molecule has 0 fully saturated rings. The quantitative estimate of drug-likeness (QED) is 0.574. The predicted octanol–water partition coefficient (Wildman–Crippen LogP) is 4.21. The van der Waals surface area contributed by atoms with E-state index in [9.17, 15) is 9.59 Å². The number of hydrogen-bond donors (Lipinski definition) is 0. The molecular formula is C21H22N2O3S. The van der Waals surface area contributed by atoms with E-state index in [-0.39, 0.29) is 18.3 Å². The van der Waals surface area contributed by atoms with Crippen molar-refractivity contribution in [2.45, 2.75) is 32.8 Å². The van der Waals surface area contributed by atoms with Crippen LogP contribution in [0.1, 0.15) is 25.3 Å². The van der Waals surface area contributed by atoms with Crippen molar-refractivity contribution >= 4 is 39.1 Å². The highest BCUT2D eigenvalue weighted by atomic mass is 32.1. The van der Waals surface area contributed by atoms with Crippen molar-refractivity contribution in [3.05, 3.63) is 59.6 Å². The molecule has 1 atom stereocenters. The first kappa shape index (κ1) is 19.0. The molecular weight excluding hydrogens is 360 g/mol. The first-order chi connectivity index (χ1) is 13.1. The monoisotopic (exact) mass is 382 g/mol. The van der Waals surface area contributed by atoms with Crippen molar-refractivity contribution in [2.24, 2.45) is 0 Å². The number of aryl methyl sites for hydroxylation is 1. The van der Waals surface area contributed by atoms with Gasteiger partial charge in [-0.1, -0.05) is 30.3 Å². The van der Waals surface area contributed by atoms with Crippen molar-refractivity contribution in [3.8, 4) is 0 Å². The fourth-order valence-corrected chi connectivity index (χ4v) is 3.80. The molecule has 5 nitrogen and oxygen atoms in total. The SMILES string of the molecule is CCN(C(=O)[C@@H](C)OC(=O)CCc1nc2ccccc2s1)c1ccccc1. The molecule has 1 heterocycles. The van der Waals surface area contributed by atoms with E-state index in [0.717, 1.165) is 20.9 Å². The number of thiazole rings is 1. The summed E-state index contributed by atoms with van der Waals surface area (Å²) in [5.41, 5.74) is 1.73. The largest absolute Gasteiger partial charge is 0.453 e. The number of aromatic nitrogens is 1. The Morgan fingerprint density at radius 2 is 1.81 bits per heavy atom. The molecule has 0 bridgehead atoms. The summed E-state index contributed by atoms with van der Waals surface area (Å²) in [5.74, 6) is -0.615. The molecule has 1 aromatic heterocycles. The minimum absolute atomic E-state index is 0.203. The van der Waals surface area contributed by atoms with Crippen molar-refractivity contribution in [2.75, 3.05) is 11.4 Å². The van der Waals surface area contributed by atoms with Gasteiger partial charge in [0.2, 0.25) is 0 Å². The molecule has 0 aliphatic heterocycles. The van der Waals surface area contributed by atoms with E-state index in [1.807, 2.05) is 61.5 Å². The number of ether oxygens (including phenoxy) is 1. The van der Waals surface area contributed by atoms with Crippen LogP contribution in [0.25, 0.3) is 10.2 Å². The van der Waals surface area contributed by atoms with Crippen LogP contribution in [0.15, 0.2) is 54.6 Å². The Hall–Kier alpha value is -2.73. The summed E-state index contributed by atoms with van der Waals surface area (Å²) < 4.78 is 6.46. The molecule has 27 heavy (non-hydrogen) atoms. The highest BCUT2D eigenvalue weighted by Crippen LogP contribution is 2.22. The number of carbonyl (C=O) groups is 2. The Morgan fingerprint density at radius 3 is 2.52 bits per heavy atom. The minimum Gasteiger partial charge on any atom is -0.453 e. The number of esters is 1. The summed E-state index contributed by atoms with van der Waals surface area (Å²) in [7, 11) is 0. The third-order valence-electron chi connectivity index (χ3n) is 4.19. The number of nitrogens with zero attached hydrogens (tertiary/aromatic N) is 2. The second-order valence-corrected chi connectivity index (χ2v) is 7.24. The lowest BCUT2D eigenvalue weighted by Crippen LogP contribution is -2.40. The number of para-hydroxylation sites is 2. The smallest absolute Gasteiger partial charge is 0.306 e. The van der Waals surface area contributed by atoms with Crippen molar-refractivity contribution in [1.82, 2.24) is 4.98 Å². The molecule has 0 saturated heterocycles. The summed E-state index contributed by atoms with van der Waals surface area (Å²) in [6.07, 6.45) is -0.113. The van der Waals surface area contributed by atoms with Gasteiger partial charge < -0.3 is 9.64 Å². The number of rotatable bonds is 7. The van der Waals surface area contributed by atoms with E-state index < -0.39 is 6.10 Å². The molecule has 3 aromatic rings. The Morgan fingerprint density at radius 1 is 1.11 bits per heavy atom. The van der Waals surface area contributed by atoms with E-state index >= 15 is 0 Å². The first-order valence-corrected chi connectivity index (χ1v) is 9.80. The standard InChI is InChI=1S/C21H22N2O3S/c1-3-23(16-9-5-4-6-10-16)21(25)15(2)26-20(24)14-13-19-22-17-11-7-8-12-18(17)27-19/h4-12,15H,3,13-14H2,1-2H3/t15-/m1/s1. The number of benzene rings is 2. The average molecular weight is 382 g/mol. The Bertz CT molecular complexity index is 890. The second kappa shape index (κ2) is 8.77. The summed E-state index contributed by atoms with van der Waals surface area (Å²) in [6, 6.07) is 17.3. The van der Waals surface area contributed by atoms with E-state index in [4.69, 9.17) is 4.74 Å². The summed E-state index contributed by atoms with van der Waals surface area (Å²) in [4.78, 5) is 31.0. The van der Waals surface area contributed by atoms with E-state index in [0.29, 0.717) is 13.0 Å². The van der Waals surface area contributed by atoms with Crippen LogP contribution in [0.3, 0.4) is 0 Å². The lowest BCUT2D eigenvalue weighted by molar-refractivity contribution is -0.153. The minimum atomic E-state index is -0.826. The highest BCUT2D eigenvalue weighted by molar-refractivity contribution is 7.18. The van der Waals surface area contributed by atoms with Crippen molar-refractivity contribution in [3.63, 3.8) is 0 Å². The van der Waals surface area contributed by atoms with Crippen LogP contribution in [0.2, 0.25) is 0 Å². The molecule has 0 unspecified atom stereocenters. The van der Waals surface area contributed by atoms with Crippen LogP contribution in [-0.2, 0) is 20.7 Å². The topological polar surface area (TPSA) is 59.5 Å². The molecule has 0 N–H and O–H groups in total. The van der Waals surface area contributed by atoms with E-state index in [1.54, 1.807) is 23.2 Å². The van der Waals surface area contributed by atoms with Crippen molar-refractivity contribution < 1.29 is 14.3 Å². The van der Waals surface area contributed by atoms with Crippen LogP contribution in [0.5, 0.6) is 0 Å². The van der Waals surface area contributed by atoms with Gasteiger partial charge in [-0.25, -0.2) is 4.98 Å². The molecule has 0 radical (unpaired) electrons. The predicted molar refractivity (Wildman–Crippen MR) is 108 cm³/mol. The van der Waals surface area contributed by atoms with Gasteiger partial charge in [-0.3, -0.25) is 9.59 Å². The molecule has 6 heteroatoms. The molecule has 0 saturated carbocycles. The fraction of sp³-hybridized carbons (Fsp3) is 0.286. The number of likely N-dealkylation sites (N-methyl/N-ethyl adjacent to an activating group) is 1. The number of fused-ring (bicyclic) bond motifs is 1. The third-order valence-corrected chi connectivity index (χ3v) is 5.28. The Kier molecular flexibility index (Phi) is 6.19. The van der Waals surface area contributed by atoms with Crippen LogP contribution < -0.4 is 4.90 Å². The maximum absolute atomic E-state index is 12.6. The van der Waals surface area contributed by atoms with Gasteiger partial charge >= 0.3 is 5.97 Å². The van der Waals surface area contributed by atoms with Crippen LogP contribution in [0, 0.1) is 0 Å². The second-order valence-electron chi connectivity index (χ2n) is 6.13. The zero-order valence-electron chi connectivity index (χ0n) is 15.4. The lowest BCUT2D eigenvalue weighted by Gasteiger charge is -2.24. The van der Waals surface area contributed by atoms with Crippen LogP contribution in [-0.4, -0.2) is 29.5 Å². The normalized spacial score (nSPS) is 11.9. The van der Waals surface area contributed by atoms with Gasteiger partial charge in [0.1, 0.15) is 0 Å². The summed E-state index contributed by atoms with van der Waals surface area (Å²) in [5, 5.41) is 0.895.